The summed E-state index contributed by atoms with van der Waals surface area (Å²) in [6.45, 7) is 3.65. The van der Waals surface area contributed by atoms with Crippen LogP contribution < -0.4 is 0 Å². The van der Waals surface area contributed by atoms with Gasteiger partial charge in [0.2, 0.25) is 5.91 Å². The van der Waals surface area contributed by atoms with Gasteiger partial charge in [-0.15, -0.1) is 0 Å². The molecule has 1 N–H and O–H groups in total. The van der Waals surface area contributed by atoms with E-state index in [2.05, 4.69) is 10.3 Å². The zero-order valence-electron chi connectivity index (χ0n) is 14.1. The highest BCUT2D eigenvalue weighted by molar-refractivity contribution is 5.86. The number of amides is 1. The van der Waals surface area contributed by atoms with Crippen molar-refractivity contribution in [3.63, 3.8) is 0 Å². The van der Waals surface area contributed by atoms with Crippen LogP contribution in [0, 0.1) is 0 Å². The molecule has 1 aliphatic rings. The topological polar surface area (TPSA) is 84.4 Å². The Balaban J connectivity index is 1.49. The minimum absolute atomic E-state index is 0.0177. The molecule has 3 aromatic rings. The van der Waals surface area contributed by atoms with E-state index in [0.717, 1.165) is 11.1 Å². The molecule has 2 aromatic heterocycles. The van der Waals surface area contributed by atoms with Gasteiger partial charge in [-0.1, -0.05) is 24.2 Å². The lowest BCUT2D eigenvalue weighted by atomic mass is 10.1. The molecule has 130 valence electrons. The second-order valence-electron chi connectivity index (χ2n) is 6.33. The Morgan fingerprint density at radius 1 is 1.36 bits per heavy atom. The summed E-state index contributed by atoms with van der Waals surface area (Å²) in [4.78, 5) is 14.5. The minimum Gasteiger partial charge on any atom is -0.387 e. The molecule has 0 spiro atoms. The van der Waals surface area contributed by atoms with Crippen molar-refractivity contribution in [2.75, 3.05) is 6.54 Å². The molecule has 0 saturated carbocycles. The number of aromatic nitrogens is 3. The molecule has 7 nitrogen and oxygen atoms in total. The van der Waals surface area contributed by atoms with Crippen LogP contribution in [0.15, 0.2) is 34.9 Å². The summed E-state index contributed by atoms with van der Waals surface area (Å²) in [5.41, 5.74) is 2.99. The smallest absolute Gasteiger partial charge is 0.229 e. The average Bonchev–Trinajstić information content (AvgIpc) is 3.24. The Hall–Kier alpha value is -2.67. The van der Waals surface area contributed by atoms with Crippen LogP contribution >= 0.6 is 0 Å². The molecule has 0 radical (unpaired) electrons. The number of para-hydroxylation sites is 1. The molecule has 1 amide bonds. The maximum Gasteiger partial charge on any atom is 0.229 e. The van der Waals surface area contributed by atoms with Gasteiger partial charge in [0, 0.05) is 11.9 Å². The first kappa shape index (κ1) is 15.8. The quantitative estimate of drug-likeness (QED) is 0.786. The Bertz CT molecular complexity index is 914. The van der Waals surface area contributed by atoms with Crippen LogP contribution in [-0.4, -0.2) is 37.4 Å². The SMILES string of the molecule is CC[C@H](O)c1cc2n(n1)CCN(C(=O)Cc1noc3ccccc13)C2. The predicted molar refractivity (Wildman–Crippen MR) is 90.6 cm³/mol. The number of aliphatic hydroxyl groups is 1. The maximum absolute atomic E-state index is 12.7. The van der Waals surface area contributed by atoms with Crippen LogP contribution in [0.5, 0.6) is 0 Å². The summed E-state index contributed by atoms with van der Waals surface area (Å²) < 4.78 is 7.15. The van der Waals surface area contributed by atoms with Crippen LogP contribution in [0.1, 0.15) is 36.5 Å². The molecule has 0 saturated heterocycles. The van der Waals surface area contributed by atoms with E-state index in [-0.39, 0.29) is 12.3 Å². The number of aliphatic hydroxyl groups excluding tert-OH is 1. The second kappa shape index (κ2) is 6.33. The summed E-state index contributed by atoms with van der Waals surface area (Å²) in [5, 5.41) is 19.3. The summed E-state index contributed by atoms with van der Waals surface area (Å²) in [6.07, 6.45) is 0.289. The number of hydrogen-bond donors (Lipinski definition) is 1. The van der Waals surface area contributed by atoms with Gasteiger partial charge in [0.05, 0.1) is 37.0 Å². The van der Waals surface area contributed by atoms with E-state index < -0.39 is 6.10 Å². The molecule has 0 aliphatic carbocycles. The molecule has 3 heterocycles. The highest BCUT2D eigenvalue weighted by Crippen LogP contribution is 2.22. The van der Waals surface area contributed by atoms with Gasteiger partial charge in [-0.25, -0.2) is 0 Å². The van der Waals surface area contributed by atoms with Crippen LogP contribution in [-0.2, 0) is 24.3 Å². The fraction of sp³-hybridized carbons (Fsp3) is 0.389. The highest BCUT2D eigenvalue weighted by atomic mass is 16.5. The molecular weight excluding hydrogens is 320 g/mol. The fourth-order valence-electron chi connectivity index (χ4n) is 3.19. The van der Waals surface area contributed by atoms with Crippen molar-refractivity contribution in [2.24, 2.45) is 0 Å². The Labute approximate surface area is 144 Å². The van der Waals surface area contributed by atoms with Gasteiger partial charge < -0.3 is 14.5 Å². The normalized spacial score (nSPS) is 15.4. The third-order valence-electron chi connectivity index (χ3n) is 4.67. The zero-order chi connectivity index (χ0) is 17.4. The molecule has 25 heavy (non-hydrogen) atoms. The fourth-order valence-corrected chi connectivity index (χ4v) is 3.19. The van der Waals surface area contributed by atoms with Gasteiger partial charge in [0.15, 0.2) is 5.58 Å². The van der Waals surface area contributed by atoms with Gasteiger partial charge >= 0.3 is 0 Å². The third kappa shape index (κ3) is 2.91. The Morgan fingerprint density at radius 2 is 2.20 bits per heavy atom. The van der Waals surface area contributed by atoms with Gasteiger partial charge in [0.25, 0.3) is 0 Å². The molecule has 0 unspecified atom stereocenters. The number of benzene rings is 1. The predicted octanol–water partition coefficient (Wildman–Crippen LogP) is 2.05. The minimum atomic E-state index is -0.552. The van der Waals surface area contributed by atoms with Crippen molar-refractivity contribution in [2.45, 2.75) is 39.0 Å². The number of rotatable bonds is 4. The third-order valence-corrected chi connectivity index (χ3v) is 4.67. The molecular formula is C18H20N4O3. The van der Waals surface area contributed by atoms with Crippen molar-refractivity contribution in [3.05, 3.63) is 47.4 Å². The number of carbonyl (C=O) groups is 1. The van der Waals surface area contributed by atoms with Gasteiger partial charge in [0.1, 0.15) is 5.69 Å². The Kier molecular flexibility index (Phi) is 4.01. The van der Waals surface area contributed by atoms with E-state index in [1.807, 2.05) is 46.8 Å². The van der Waals surface area contributed by atoms with E-state index in [0.29, 0.717) is 43.0 Å². The van der Waals surface area contributed by atoms with Crippen molar-refractivity contribution in [3.8, 4) is 0 Å². The lowest BCUT2D eigenvalue weighted by molar-refractivity contribution is -0.132. The van der Waals surface area contributed by atoms with E-state index in [1.54, 1.807) is 0 Å². The van der Waals surface area contributed by atoms with E-state index in [4.69, 9.17) is 4.52 Å². The van der Waals surface area contributed by atoms with Crippen molar-refractivity contribution in [1.29, 1.82) is 0 Å². The lowest BCUT2D eigenvalue weighted by Crippen LogP contribution is -2.39. The number of carbonyl (C=O) groups excluding carboxylic acids is 1. The molecule has 1 aliphatic heterocycles. The Morgan fingerprint density at radius 3 is 3.04 bits per heavy atom. The van der Waals surface area contributed by atoms with Crippen molar-refractivity contribution in [1.82, 2.24) is 19.8 Å². The van der Waals surface area contributed by atoms with Gasteiger partial charge in [-0.2, -0.15) is 5.10 Å². The molecule has 1 atom stereocenters. The molecule has 4 rings (SSSR count). The molecule has 0 bridgehead atoms. The molecule has 7 heteroatoms. The number of fused-ring (bicyclic) bond motifs is 2. The zero-order valence-corrected chi connectivity index (χ0v) is 14.1. The van der Waals surface area contributed by atoms with Crippen LogP contribution in [0.25, 0.3) is 11.0 Å². The average molecular weight is 340 g/mol. The lowest BCUT2D eigenvalue weighted by Gasteiger charge is -2.27. The summed E-state index contributed by atoms with van der Waals surface area (Å²) in [7, 11) is 0. The van der Waals surface area contributed by atoms with Crippen molar-refractivity contribution >= 4 is 16.9 Å². The van der Waals surface area contributed by atoms with E-state index in [1.165, 1.54) is 0 Å². The van der Waals surface area contributed by atoms with Crippen molar-refractivity contribution < 1.29 is 14.4 Å². The molecule has 1 aromatic carbocycles. The first-order chi connectivity index (χ1) is 12.2. The number of hydrogen-bond acceptors (Lipinski definition) is 5. The van der Waals surface area contributed by atoms with Gasteiger partial charge in [-0.3, -0.25) is 9.48 Å². The maximum atomic E-state index is 12.7. The standard InChI is InChI=1S/C18H20N4O3/c1-2-16(23)15-9-12-11-21(7-8-22(12)19-15)18(24)10-14-13-5-3-4-6-17(13)25-20-14/h3-6,9,16,23H,2,7-8,10-11H2,1H3/t16-/m0/s1. The van der Waals surface area contributed by atoms with E-state index >= 15 is 0 Å². The number of nitrogens with zero attached hydrogens (tertiary/aromatic N) is 4. The van der Waals surface area contributed by atoms with Gasteiger partial charge in [-0.05, 0) is 24.6 Å². The first-order valence-corrected chi connectivity index (χ1v) is 8.51. The van der Waals surface area contributed by atoms with Crippen LogP contribution in [0.4, 0.5) is 0 Å². The summed E-state index contributed by atoms with van der Waals surface area (Å²) >= 11 is 0. The molecule has 0 fully saturated rings. The summed E-state index contributed by atoms with van der Waals surface area (Å²) in [5.74, 6) is 0.0177. The highest BCUT2D eigenvalue weighted by Gasteiger charge is 2.25. The largest absolute Gasteiger partial charge is 0.387 e. The monoisotopic (exact) mass is 340 g/mol. The van der Waals surface area contributed by atoms with E-state index in [9.17, 15) is 9.90 Å². The van der Waals surface area contributed by atoms with Crippen LogP contribution in [0.2, 0.25) is 0 Å². The second-order valence-corrected chi connectivity index (χ2v) is 6.33. The van der Waals surface area contributed by atoms with Crippen LogP contribution in [0.3, 0.4) is 0 Å². The first-order valence-electron chi connectivity index (χ1n) is 8.51. The summed E-state index contributed by atoms with van der Waals surface area (Å²) in [6, 6.07) is 9.44.